The summed E-state index contributed by atoms with van der Waals surface area (Å²) >= 11 is 0. The van der Waals surface area contributed by atoms with Gasteiger partial charge in [0.05, 0.1) is 5.56 Å². The molecule has 1 rings (SSSR count). The number of carbonyl (C=O) groups is 3. The quantitative estimate of drug-likeness (QED) is 0.626. The van der Waals surface area contributed by atoms with Gasteiger partial charge in [-0.1, -0.05) is 26.0 Å². The maximum Gasteiger partial charge on any atom is 0.337 e. The van der Waals surface area contributed by atoms with Crippen molar-refractivity contribution in [3.05, 3.63) is 29.8 Å². The zero-order chi connectivity index (χ0) is 16.8. The highest BCUT2D eigenvalue weighted by Gasteiger charge is 2.03. The summed E-state index contributed by atoms with van der Waals surface area (Å²) in [6.07, 6.45) is 1.25. The van der Waals surface area contributed by atoms with Crippen LogP contribution in [0.5, 0.6) is 0 Å². The van der Waals surface area contributed by atoms with E-state index in [0.29, 0.717) is 12.1 Å². The van der Waals surface area contributed by atoms with Crippen LogP contribution in [0.3, 0.4) is 0 Å². The third-order valence-corrected chi connectivity index (χ3v) is 1.96. The Labute approximate surface area is 123 Å². The van der Waals surface area contributed by atoms with Crippen molar-refractivity contribution in [1.29, 1.82) is 0 Å². The van der Waals surface area contributed by atoms with Crippen molar-refractivity contribution in [2.24, 2.45) is 0 Å². The summed E-state index contributed by atoms with van der Waals surface area (Å²) in [7, 11) is 0. The van der Waals surface area contributed by atoms with Crippen molar-refractivity contribution in [3.63, 3.8) is 0 Å². The van der Waals surface area contributed by atoms with Gasteiger partial charge in [-0.05, 0) is 18.6 Å². The summed E-state index contributed by atoms with van der Waals surface area (Å²) in [6, 6.07) is 6.36. The molecular weight excluding hydrogens is 278 g/mol. The SMILES string of the molecule is CCC(=O)O.CCCC(=O)O.Nc1ccccc1C(=O)O. The van der Waals surface area contributed by atoms with Crippen molar-refractivity contribution in [2.45, 2.75) is 33.1 Å². The Morgan fingerprint density at radius 1 is 1.00 bits per heavy atom. The van der Waals surface area contributed by atoms with E-state index in [-0.39, 0.29) is 12.0 Å². The number of carboxylic acids is 3. The van der Waals surface area contributed by atoms with Crippen LogP contribution in [0.1, 0.15) is 43.5 Å². The van der Waals surface area contributed by atoms with E-state index in [2.05, 4.69) is 0 Å². The van der Waals surface area contributed by atoms with Crippen molar-refractivity contribution in [2.75, 3.05) is 5.73 Å². The Morgan fingerprint density at radius 3 is 1.67 bits per heavy atom. The Hall–Kier alpha value is -2.57. The summed E-state index contributed by atoms with van der Waals surface area (Å²) in [5.41, 5.74) is 5.80. The van der Waals surface area contributed by atoms with Gasteiger partial charge in [0.25, 0.3) is 0 Å². The topological polar surface area (TPSA) is 138 Å². The van der Waals surface area contributed by atoms with Crippen LogP contribution in [0.4, 0.5) is 5.69 Å². The van der Waals surface area contributed by atoms with E-state index in [1.807, 2.05) is 6.92 Å². The molecular formula is C14H21NO6. The van der Waals surface area contributed by atoms with Crippen molar-refractivity contribution in [1.82, 2.24) is 0 Å². The molecule has 0 atom stereocenters. The molecule has 7 heteroatoms. The second kappa shape index (κ2) is 12.5. The molecule has 0 spiro atoms. The van der Waals surface area contributed by atoms with Crippen LogP contribution >= 0.6 is 0 Å². The standard InChI is InChI=1S/C7H7NO2.C4H8O2.C3H6O2/c8-6-4-2-1-3-5(6)7(9)10;1-2-3-4(5)6;1-2-3(4)5/h1-4H,8H2,(H,9,10);2-3H2,1H3,(H,5,6);2H2,1H3,(H,4,5). The number of hydrogen-bond donors (Lipinski definition) is 4. The highest BCUT2D eigenvalue weighted by Crippen LogP contribution is 2.08. The third kappa shape index (κ3) is 13.7. The van der Waals surface area contributed by atoms with Crippen molar-refractivity contribution >= 4 is 23.6 Å². The average molecular weight is 299 g/mol. The van der Waals surface area contributed by atoms with Gasteiger partial charge in [-0.15, -0.1) is 0 Å². The minimum Gasteiger partial charge on any atom is -0.481 e. The molecule has 0 aliphatic heterocycles. The molecule has 0 radical (unpaired) electrons. The Kier molecular flexibility index (Phi) is 12.3. The number of aliphatic carboxylic acids is 2. The number of rotatable bonds is 4. The second-order valence-corrected chi connectivity index (χ2v) is 3.78. The Bertz CT molecular complexity index is 459. The fraction of sp³-hybridized carbons (Fsp3) is 0.357. The Morgan fingerprint density at radius 2 is 1.48 bits per heavy atom. The molecule has 0 saturated heterocycles. The normalized spacial score (nSPS) is 8.48. The number of nitrogen functional groups attached to an aromatic ring is 1. The van der Waals surface area contributed by atoms with Gasteiger partial charge in [0.15, 0.2) is 0 Å². The van der Waals surface area contributed by atoms with Gasteiger partial charge in [0, 0.05) is 18.5 Å². The second-order valence-electron chi connectivity index (χ2n) is 3.78. The number of carboxylic acid groups (broad SMARTS) is 3. The van der Waals surface area contributed by atoms with E-state index in [9.17, 15) is 14.4 Å². The van der Waals surface area contributed by atoms with Crippen LogP contribution < -0.4 is 5.73 Å². The number of anilines is 1. The van der Waals surface area contributed by atoms with E-state index in [1.165, 1.54) is 6.07 Å². The van der Waals surface area contributed by atoms with Gasteiger partial charge < -0.3 is 21.1 Å². The van der Waals surface area contributed by atoms with Gasteiger partial charge in [-0.3, -0.25) is 9.59 Å². The molecule has 0 bridgehead atoms. The smallest absolute Gasteiger partial charge is 0.337 e. The maximum atomic E-state index is 10.3. The van der Waals surface area contributed by atoms with Crippen LogP contribution in [0, 0.1) is 0 Å². The van der Waals surface area contributed by atoms with Gasteiger partial charge in [0.2, 0.25) is 0 Å². The molecule has 7 nitrogen and oxygen atoms in total. The van der Waals surface area contributed by atoms with Crippen LogP contribution in [-0.2, 0) is 9.59 Å². The fourth-order valence-corrected chi connectivity index (χ4v) is 0.906. The monoisotopic (exact) mass is 299 g/mol. The molecule has 1 aromatic carbocycles. The number of aromatic carboxylic acids is 1. The first-order chi connectivity index (χ1) is 9.76. The summed E-state index contributed by atoms with van der Waals surface area (Å²) < 4.78 is 0. The highest BCUT2D eigenvalue weighted by molar-refractivity contribution is 5.93. The number of nitrogens with two attached hydrogens (primary N) is 1. The zero-order valence-corrected chi connectivity index (χ0v) is 12.1. The average Bonchev–Trinajstić information content (AvgIpc) is 2.40. The lowest BCUT2D eigenvalue weighted by Gasteiger charge is -1.96. The first-order valence-corrected chi connectivity index (χ1v) is 6.27. The molecule has 5 N–H and O–H groups in total. The minimum absolute atomic E-state index is 0.155. The molecule has 0 aliphatic carbocycles. The number of hydrogen-bond acceptors (Lipinski definition) is 4. The largest absolute Gasteiger partial charge is 0.481 e. The summed E-state index contributed by atoms with van der Waals surface area (Å²) in [5.74, 6) is -2.44. The molecule has 21 heavy (non-hydrogen) atoms. The summed E-state index contributed by atoms with van der Waals surface area (Å²) in [5, 5.41) is 24.1. The van der Waals surface area contributed by atoms with E-state index in [0.717, 1.165) is 6.42 Å². The lowest BCUT2D eigenvalue weighted by Crippen LogP contribution is -2.00. The molecule has 0 saturated carbocycles. The van der Waals surface area contributed by atoms with Gasteiger partial charge in [0.1, 0.15) is 0 Å². The summed E-state index contributed by atoms with van der Waals surface area (Å²) in [6.45, 7) is 3.44. The van der Waals surface area contributed by atoms with Crippen LogP contribution in [0.15, 0.2) is 24.3 Å². The first kappa shape index (κ1) is 20.7. The summed E-state index contributed by atoms with van der Waals surface area (Å²) in [4.78, 5) is 29.3. The maximum absolute atomic E-state index is 10.3. The first-order valence-electron chi connectivity index (χ1n) is 6.27. The fourth-order valence-electron chi connectivity index (χ4n) is 0.906. The minimum atomic E-state index is -0.988. The van der Waals surface area contributed by atoms with E-state index in [4.69, 9.17) is 21.1 Å². The van der Waals surface area contributed by atoms with E-state index in [1.54, 1.807) is 25.1 Å². The lowest BCUT2D eigenvalue weighted by molar-refractivity contribution is -0.137. The predicted molar refractivity (Wildman–Crippen MR) is 78.3 cm³/mol. The highest BCUT2D eigenvalue weighted by atomic mass is 16.4. The molecule has 0 aliphatic rings. The van der Waals surface area contributed by atoms with Gasteiger partial charge in [-0.2, -0.15) is 0 Å². The van der Waals surface area contributed by atoms with Crippen molar-refractivity contribution < 1.29 is 29.7 Å². The molecule has 0 aromatic heterocycles. The number of benzene rings is 1. The number of para-hydroxylation sites is 1. The Balaban J connectivity index is 0. The van der Waals surface area contributed by atoms with Gasteiger partial charge >= 0.3 is 17.9 Å². The molecule has 0 fully saturated rings. The van der Waals surface area contributed by atoms with Gasteiger partial charge in [-0.25, -0.2) is 4.79 Å². The molecule has 0 amide bonds. The van der Waals surface area contributed by atoms with E-state index >= 15 is 0 Å². The zero-order valence-electron chi connectivity index (χ0n) is 12.1. The molecule has 0 unspecified atom stereocenters. The van der Waals surface area contributed by atoms with Crippen molar-refractivity contribution in [3.8, 4) is 0 Å². The van der Waals surface area contributed by atoms with E-state index < -0.39 is 17.9 Å². The van der Waals surface area contributed by atoms with Crippen LogP contribution in [-0.4, -0.2) is 33.2 Å². The molecule has 0 heterocycles. The van der Waals surface area contributed by atoms with Crippen LogP contribution in [0.2, 0.25) is 0 Å². The molecule has 1 aromatic rings. The third-order valence-electron chi connectivity index (χ3n) is 1.96. The molecule has 118 valence electrons. The lowest BCUT2D eigenvalue weighted by atomic mass is 10.2. The predicted octanol–water partition coefficient (Wildman–Crippen LogP) is 2.32. The van der Waals surface area contributed by atoms with Crippen LogP contribution in [0.25, 0.3) is 0 Å².